The van der Waals surface area contributed by atoms with Crippen LogP contribution in [-0.4, -0.2) is 53.2 Å². The third-order valence-electron chi connectivity index (χ3n) is 3.90. The number of benzene rings is 1. The predicted molar refractivity (Wildman–Crippen MR) is 113 cm³/mol. The SMILES string of the molecule is CCOC(=O)CC(NC(=O)CNC(=O)c1cccc(N)c1)c1cccnc1.O=C(O)C(F)(F)F. The van der Waals surface area contributed by atoms with Gasteiger partial charge in [-0.3, -0.25) is 19.4 Å². The molecule has 1 aromatic heterocycles. The fourth-order valence-corrected chi connectivity index (χ4v) is 2.41. The number of hydrogen-bond donors (Lipinski definition) is 4. The minimum atomic E-state index is -5.08. The van der Waals surface area contributed by atoms with Crippen molar-refractivity contribution in [3.05, 3.63) is 59.9 Å². The van der Waals surface area contributed by atoms with Crippen LogP contribution in [0, 0.1) is 0 Å². The highest BCUT2D eigenvalue weighted by Crippen LogP contribution is 2.16. The molecule has 13 heteroatoms. The van der Waals surface area contributed by atoms with Crippen molar-refractivity contribution in [3.8, 4) is 0 Å². The van der Waals surface area contributed by atoms with E-state index in [1.165, 1.54) is 6.07 Å². The Bertz CT molecular complexity index is 986. The highest BCUT2D eigenvalue weighted by atomic mass is 19.4. The summed E-state index contributed by atoms with van der Waals surface area (Å²) in [5, 5.41) is 12.4. The maximum Gasteiger partial charge on any atom is 0.490 e. The molecule has 2 amide bonds. The number of nitrogens with one attached hydrogen (secondary N) is 2. The molecule has 0 fully saturated rings. The molecule has 0 bridgehead atoms. The first kappa shape index (κ1) is 27.9. The quantitative estimate of drug-likeness (QED) is 0.326. The van der Waals surface area contributed by atoms with Gasteiger partial charge in [-0.25, -0.2) is 4.79 Å². The number of nitrogens with two attached hydrogens (primary N) is 1. The number of carbonyl (C=O) groups is 4. The van der Waals surface area contributed by atoms with E-state index in [0.29, 0.717) is 16.8 Å². The van der Waals surface area contributed by atoms with Gasteiger partial charge in [0.2, 0.25) is 5.91 Å². The van der Waals surface area contributed by atoms with Crippen molar-refractivity contribution >= 4 is 29.4 Å². The molecule has 0 aliphatic carbocycles. The van der Waals surface area contributed by atoms with Gasteiger partial charge in [-0.05, 0) is 36.8 Å². The number of carbonyl (C=O) groups excluding carboxylic acids is 3. The number of amides is 2. The predicted octanol–water partition coefficient (Wildman–Crippen LogP) is 1.84. The zero-order valence-corrected chi connectivity index (χ0v) is 18.0. The number of ether oxygens (including phenoxy) is 1. The smallest absolute Gasteiger partial charge is 0.475 e. The van der Waals surface area contributed by atoms with Gasteiger partial charge in [0.15, 0.2) is 0 Å². The zero-order chi connectivity index (χ0) is 25.7. The lowest BCUT2D eigenvalue weighted by atomic mass is 10.1. The van der Waals surface area contributed by atoms with Crippen molar-refractivity contribution in [3.63, 3.8) is 0 Å². The Labute approximate surface area is 192 Å². The number of esters is 1. The summed E-state index contributed by atoms with van der Waals surface area (Å²) in [7, 11) is 0. The number of anilines is 1. The number of aromatic nitrogens is 1. The maximum atomic E-state index is 12.2. The van der Waals surface area contributed by atoms with Crippen LogP contribution in [-0.2, 0) is 19.1 Å². The fraction of sp³-hybridized carbons (Fsp3) is 0.286. The lowest BCUT2D eigenvalue weighted by Crippen LogP contribution is -2.39. The summed E-state index contributed by atoms with van der Waals surface area (Å²) in [5.41, 5.74) is 7.13. The lowest BCUT2D eigenvalue weighted by Gasteiger charge is -2.18. The maximum absolute atomic E-state index is 12.2. The monoisotopic (exact) mass is 484 g/mol. The average molecular weight is 484 g/mol. The van der Waals surface area contributed by atoms with Gasteiger partial charge in [0.25, 0.3) is 5.91 Å². The highest BCUT2D eigenvalue weighted by molar-refractivity contribution is 5.97. The molecule has 184 valence electrons. The lowest BCUT2D eigenvalue weighted by molar-refractivity contribution is -0.192. The summed E-state index contributed by atoms with van der Waals surface area (Å²) < 4.78 is 36.7. The van der Waals surface area contributed by atoms with E-state index in [0.717, 1.165) is 0 Å². The minimum absolute atomic E-state index is 0.0333. The molecule has 1 aromatic carbocycles. The summed E-state index contributed by atoms with van der Waals surface area (Å²) in [5.74, 6) is -4.05. The number of aliphatic carboxylic acids is 1. The molecule has 2 aromatic rings. The Kier molecular flexibility index (Phi) is 11.0. The van der Waals surface area contributed by atoms with Gasteiger partial charge in [0, 0.05) is 23.6 Å². The fourth-order valence-electron chi connectivity index (χ4n) is 2.41. The van der Waals surface area contributed by atoms with Crippen LogP contribution in [0.4, 0.5) is 18.9 Å². The van der Waals surface area contributed by atoms with Crippen LogP contribution in [0.2, 0.25) is 0 Å². The Balaban J connectivity index is 0.000000718. The summed E-state index contributed by atoms with van der Waals surface area (Å²) >= 11 is 0. The van der Waals surface area contributed by atoms with E-state index < -0.39 is 36.0 Å². The van der Waals surface area contributed by atoms with Crippen LogP contribution in [0.25, 0.3) is 0 Å². The molecule has 0 saturated heterocycles. The van der Waals surface area contributed by atoms with E-state index in [4.69, 9.17) is 20.4 Å². The van der Waals surface area contributed by atoms with Crippen molar-refractivity contribution in [2.24, 2.45) is 0 Å². The minimum Gasteiger partial charge on any atom is -0.475 e. The molecule has 1 atom stereocenters. The molecule has 5 N–H and O–H groups in total. The first-order valence-corrected chi connectivity index (χ1v) is 9.72. The second kappa shape index (κ2) is 13.4. The first-order valence-electron chi connectivity index (χ1n) is 9.72. The number of alkyl halides is 3. The molecule has 0 spiro atoms. The van der Waals surface area contributed by atoms with E-state index in [9.17, 15) is 27.6 Å². The van der Waals surface area contributed by atoms with E-state index in [1.54, 1.807) is 49.6 Å². The van der Waals surface area contributed by atoms with Gasteiger partial charge in [0.05, 0.1) is 25.6 Å². The molecular weight excluding hydrogens is 461 g/mol. The Hall–Kier alpha value is -4.16. The number of pyridine rings is 1. The molecule has 0 radical (unpaired) electrons. The highest BCUT2D eigenvalue weighted by Gasteiger charge is 2.38. The van der Waals surface area contributed by atoms with E-state index in [-0.39, 0.29) is 19.6 Å². The van der Waals surface area contributed by atoms with Crippen LogP contribution in [0.3, 0.4) is 0 Å². The zero-order valence-electron chi connectivity index (χ0n) is 18.0. The Morgan fingerprint density at radius 2 is 1.85 bits per heavy atom. The van der Waals surface area contributed by atoms with Crippen LogP contribution in [0.5, 0.6) is 0 Å². The Morgan fingerprint density at radius 3 is 2.38 bits per heavy atom. The van der Waals surface area contributed by atoms with Crippen LogP contribution >= 0.6 is 0 Å². The molecule has 34 heavy (non-hydrogen) atoms. The largest absolute Gasteiger partial charge is 0.490 e. The van der Waals surface area contributed by atoms with Crippen molar-refractivity contribution in [1.82, 2.24) is 15.6 Å². The second-order valence-electron chi connectivity index (χ2n) is 6.53. The molecule has 0 saturated carbocycles. The molecule has 1 unspecified atom stereocenters. The van der Waals surface area contributed by atoms with Gasteiger partial charge in [-0.2, -0.15) is 13.2 Å². The topological polar surface area (TPSA) is 161 Å². The average Bonchev–Trinajstić information content (AvgIpc) is 2.77. The third kappa shape index (κ3) is 10.4. The standard InChI is InChI=1S/C19H22N4O4.C2HF3O2/c1-2-27-18(25)10-16(14-6-4-8-21-11-14)23-17(24)12-22-19(26)13-5-3-7-15(20)9-13;3-2(4,5)1(6)7/h3-9,11,16H,2,10,12,20H2,1H3,(H,22,26)(H,23,24);(H,6,7). The number of rotatable bonds is 8. The summed E-state index contributed by atoms with van der Waals surface area (Å²) in [6.45, 7) is 1.72. The van der Waals surface area contributed by atoms with E-state index >= 15 is 0 Å². The Morgan fingerprint density at radius 1 is 1.18 bits per heavy atom. The number of hydrogen-bond acceptors (Lipinski definition) is 7. The third-order valence-corrected chi connectivity index (χ3v) is 3.90. The molecule has 2 rings (SSSR count). The van der Waals surface area contributed by atoms with E-state index in [1.807, 2.05) is 0 Å². The van der Waals surface area contributed by atoms with Crippen molar-refractivity contribution in [2.45, 2.75) is 25.6 Å². The summed E-state index contributed by atoms with van der Waals surface area (Å²) in [4.78, 5) is 49.0. The second-order valence-corrected chi connectivity index (χ2v) is 6.53. The van der Waals surface area contributed by atoms with Crippen molar-refractivity contribution in [1.29, 1.82) is 0 Å². The van der Waals surface area contributed by atoms with Crippen LogP contribution < -0.4 is 16.4 Å². The molecule has 0 aliphatic heterocycles. The van der Waals surface area contributed by atoms with Crippen LogP contribution in [0.1, 0.15) is 35.3 Å². The number of nitrogens with zero attached hydrogens (tertiary/aromatic N) is 1. The number of nitrogen functional groups attached to an aromatic ring is 1. The van der Waals surface area contributed by atoms with Gasteiger partial charge in [-0.1, -0.05) is 12.1 Å². The summed E-state index contributed by atoms with van der Waals surface area (Å²) in [6, 6.07) is 9.30. The molecular formula is C21H23F3N4O6. The first-order chi connectivity index (χ1) is 15.9. The van der Waals surface area contributed by atoms with E-state index in [2.05, 4.69) is 15.6 Å². The van der Waals surface area contributed by atoms with Gasteiger partial charge >= 0.3 is 18.1 Å². The van der Waals surface area contributed by atoms with Crippen molar-refractivity contribution < 1.29 is 42.2 Å². The van der Waals surface area contributed by atoms with Gasteiger partial charge < -0.3 is 26.2 Å². The van der Waals surface area contributed by atoms with Crippen LogP contribution in [0.15, 0.2) is 48.8 Å². The van der Waals surface area contributed by atoms with Crippen molar-refractivity contribution in [2.75, 3.05) is 18.9 Å². The summed E-state index contributed by atoms with van der Waals surface area (Å²) in [6.07, 6.45) is -1.96. The molecule has 10 nitrogen and oxygen atoms in total. The number of carboxylic acids is 1. The van der Waals surface area contributed by atoms with Gasteiger partial charge in [-0.15, -0.1) is 0 Å². The molecule has 1 heterocycles. The van der Waals surface area contributed by atoms with Gasteiger partial charge in [0.1, 0.15) is 0 Å². The molecule has 0 aliphatic rings. The number of carboxylic acid groups (broad SMARTS) is 1. The number of halogens is 3. The normalized spacial score (nSPS) is 11.3.